The number of carboxylic acids is 1. The molecule has 0 aliphatic rings. The third-order valence-electron chi connectivity index (χ3n) is 2.54. The van der Waals surface area contributed by atoms with E-state index >= 15 is 0 Å². The van der Waals surface area contributed by atoms with Gasteiger partial charge in [-0.1, -0.05) is 24.6 Å². The summed E-state index contributed by atoms with van der Waals surface area (Å²) in [6, 6.07) is 5.24. The number of carbonyl (C=O) groups is 2. The second-order valence-corrected chi connectivity index (χ2v) is 5.68. The fourth-order valence-electron chi connectivity index (χ4n) is 1.46. The summed E-state index contributed by atoms with van der Waals surface area (Å²) >= 11 is 6.98. The predicted octanol–water partition coefficient (Wildman–Crippen LogP) is 3.18. The van der Waals surface area contributed by atoms with E-state index in [4.69, 9.17) is 16.7 Å². The minimum absolute atomic E-state index is 0.108. The molecule has 0 fully saturated rings. The van der Waals surface area contributed by atoms with Gasteiger partial charge in [-0.05, 0) is 31.0 Å². The smallest absolute Gasteiger partial charge is 0.316 e. The lowest BCUT2D eigenvalue weighted by atomic mass is 10.2. The van der Waals surface area contributed by atoms with E-state index in [1.165, 1.54) is 0 Å². The standard InChI is InChI=1S/C13H16ClNO3S/c1-3-11(13(17)18)19-7-12(16)15-10-6-9(14)5-4-8(10)2/h4-6,11H,3,7H2,1-2H3,(H,15,16)(H,17,18). The van der Waals surface area contributed by atoms with Gasteiger partial charge >= 0.3 is 5.97 Å². The molecule has 0 saturated carbocycles. The average molecular weight is 302 g/mol. The van der Waals surface area contributed by atoms with Gasteiger partial charge in [0.2, 0.25) is 5.91 Å². The van der Waals surface area contributed by atoms with Crippen LogP contribution in [0, 0.1) is 6.92 Å². The summed E-state index contributed by atoms with van der Waals surface area (Å²) < 4.78 is 0. The van der Waals surface area contributed by atoms with Crippen molar-refractivity contribution in [2.75, 3.05) is 11.1 Å². The minimum atomic E-state index is -0.890. The largest absolute Gasteiger partial charge is 0.480 e. The lowest BCUT2D eigenvalue weighted by Crippen LogP contribution is -2.21. The SMILES string of the molecule is CCC(SCC(=O)Nc1cc(Cl)ccc1C)C(=O)O. The van der Waals surface area contributed by atoms with E-state index in [9.17, 15) is 9.59 Å². The molecular weight excluding hydrogens is 286 g/mol. The van der Waals surface area contributed by atoms with Crippen LogP contribution in [0.1, 0.15) is 18.9 Å². The van der Waals surface area contributed by atoms with Crippen molar-refractivity contribution in [3.8, 4) is 0 Å². The quantitative estimate of drug-likeness (QED) is 0.847. The number of halogens is 1. The van der Waals surface area contributed by atoms with E-state index in [-0.39, 0.29) is 11.7 Å². The van der Waals surface area contributed by atoms with Crippen molar-refractivity contribution >= 4 is 40.9 Å². The molecule has 1 aromatic rings. The molecule has 19 heavy (non-hydrogen) atoms. The first-order valence-electron chi connectivity index (χ1n) is 5.84. The maximum absolute atomic E-state index is 11.8. The number of carbonyl (C=O) groups excluding carboxylic acids is 1. The van der Waals surface area contributed by atoms with E-state index < -0.39 is 11.2 Å². The van der Waals surface area contributed by atoms with E-state index in [0.717, 1.165) is 17.3 Å². The molecule has 1 unspecified atom stereocenters. The van der Waals surface area contributed by atoms with Gasteiger partial charge in [0.1, 0.15) is 5.25 Å². The van der Waals surface area contributed by atoms with Crippen LogP contribution in [0.4, 0.5) is 5.69 Å². The molecular formula is C13H16ClNO3S. The Balaban J connectivity index is 2.56. The van der Waals surface area contributed by atoms with Gasteiger partial charge in [0.05, 0.1) is 5.75 Å². The second kappa shape index (κ2) is 7.40. The highest BCUT2D eigenvalue weighted by Crippen LogP contribution is 2.21. The second-order valence-electron chi connectivity index (χ2n) is 4.05. The monoisotopic (exact) mass is 301 g/mol. The third kappa shape index (κ3) is 5.12. The van der Waals surface area contributed by atoms with Gasteiger partial charge in [0, 0.05) is 10.7 Å². The molecule has 0 bridgehead atoms. The molecule has 1 amide bonds. The van der Waals surface area contributed by atoms with Crippen LogP contribution in [0.25, 0.3) is 0 Å². The summed E-state index contributed by atoms with van der Waals surface area (Å²) in [7, 11) is 0. The Morgan fingerprint density at radius 2 is 2.16 bits per heavy atom. The van der Waals surface area contributed by atoms with Crippen molar-refractivity contribution in [3.05, 3.63) is 28.8 Å². The third-order valence-corrected chi connectivity index (χ3v) is 4.14. The zero-order valence-corrected chi connectivity index (χ0v) is 12.3. The molecule has 1 rings (SSSR count). The van der Waals surface area contributed by atoms with E-state index in [1.807, 2.05) is 13.0 Å². The van der Waals surface area contributed by atoms with Crippen LogP contribution in [-0.2, 0) is 9.59 Å². The Morgan fingerprint density at radius 3 is 2.74 bits per heavy atom. The first-order chi connectivity index (χ1) is 8.93. The summed E-state index contributed by atoms with van der Waals surface area (Å²) in [4.78, 5) is 22.6. The summed E-state index contributed by atoms with van der Waals surface area (Å²) in [6.45, 7) is 3.65. The first kappa shape index (κ1) is 15.9. The molecule has 0 saturated heterocycles. The molecule has 0 heterocycles. The summed E-state index contributed by atoms with van der Waals surface area (Å²) in [5, 5.41) is 11.6. The van der Waals surface area contributed by atoms with Gasteiger partial charge in [-0.2, -0.15) is 0 Å². The number of rotatable bonds is 6. The van der Waals surface area contributed by atoms with Crippen molar-refractivity contribution in [2.24, 2.45) is 0 Å². The van der Waals surface area contributed by atoms with Gasteiger partial charge < -0.3 is 10.4 Å². The number of thioether (sulfide) groups is 1. The highest BCUT2D eigenvalue weighted by molar-refractivity contribution is 8.01. The van der Waals surface area contributed by atoms with Crippen LogP contribution in [0.5, 0.6) is 0 Å². The molecule has 1 atom stereocenters. The zero-order valence-electron chi connectivity index (χ0n) is 10.8. The maximum Gasteiger partial charge on any atom is 0.316 e. The first-order valence-corrected chi connectivity index (χ1v) is 7.27. The number of benzene rings is 1. The van der Waals surface area contributed by atoms with E-state index in [2.05, 4.69) is 5.32 Å². The average Bonchev–Trinajstić information content (AvgIpc) is 2.34. The number of anilines is 1. The molecule has 6 heteroatoms. The number of aliphatic carboxylic acids is 1. The van der Waals surface area contributed by atoms with Crippen LogP contribution < -0.4 is 5.32 Å². The summed E-state index contributed by atoms with van der Waals surface area (Å²) in [5.41, 5.74) is 1.56. The summed E-state index contributed by atoms with van der Waals surface area (Å²) in [5.74, 6) is -1.01. The summed E-state index contributed by atoms with van der Waals surface area (Å²) in [6.07, 6.45) is 0.490. The number of aryl methyl sites for hydroxylation is 1. The van der Waals surface area contributed by atoms with Crippen molar-refractivity contribution < 1.29 is 14.7 Å². The van der Waals surface area contributed by atoms with Crippen LogP contribution in [-0.4, -0.2) is 28.0 Å². The van der Waals surface area contributed by atoms with Gasteiger partial charge in [-0.15, -0.1) is 11.8 Å². The van der Waals surface area contributed by atoms with Gasteiger partial charge in [0.25, 0.3) is 0 Å². The van der Waals surface area contributed by atoms with E-state index in [1.54, 1.807) is 19.1 Å². The number of hydrogen-bond acceptors (Lipinski definition) is 3. The van der Waals surface area contributed by atoms with E-state index in [0.29, 0.717) is 17.1 Å². The van der Waals surface area contributed by atoms with Gasteiger partial charge in [-0.3, -0.25) is 9.59 Å². The minimum Gasteiger partial charge on any atom is -0.480 e. The van der Waals surface area contributed by atoms with Crippen molar-refractivity contribution in [1.29, 1.82) is 0 Å². The zero-order chi connectivity index (χ0) is 14.4. The maximum atomic E-state index is 11.8. The predicted molar refractivity (Wildman–Crippen MR) is 79.0 cm³/mol. The fraction of sp³-hybridized carbons (Fsp3) is 0.385. The molecule has 0 aliphatic heterocycles. The number of hydrogen-bond donors (Lipinski definition) is 2. The normalized spacial score (nSPS) is 11.9. The molecule has 1 aromatic carbocycles. The lowest BCUT2D eigenvalue weighted by molar-refractivity contribution is -0.136. The fourth-order valence-corrected chi connectivity index (χ4v) is 2.43. The van der Waals surface area contributed by atoms with Crippen molar-refractivity contribution in [2.45, 2.75) is 25.5 Å². The highest BCUT2D eigenvalue weighted by Gasteiger charge is 2.17. The Morgan fingerprint density at radius 1 is 1.47 bits per heavy atom. The molecule has 0 spiro atoms. The lowest BCUT2D eigenvalue weighted by Gasteiger charge is -2.11. The van der Waals surface area contributed by atoms with Gasteiger partial charge in [-0.25, -0.2) is 0 Å². The Hall–Kier alpha value is -1.20. The number of carboxylic acid groups (broad SMARTS) is 1. The number of amides is 1. The Kier molecular flexibility index (Phi) is 6.18. The van der Waals surface area contributed by atoms with Crippen molar-refractivity contribution in [1.82, 2.24) is 0 Å². The molecule has 2 N–H and O–H groups in total. The highest BCUT2D eigenvalue weighted by atomic mass is 35.5. The van der Waals surface area contributed by atoms with Crippen molar-refractivity contribution in [3.63, 3.8) is 0 Å². The Bertz CT molecular complexity index is 479. The Labute approximate surface area is 121 Å². The topological polar surface area (TPSA) is 66.4 Å². The van der Waals surface area contributed by atoms with Crippen LogP contribution in [0.15, 0.2) is 18.2 Å². The van der Waals surface area contributed by atoms with Gasteiger partial charge in [0.15, 0.2) is 0 Å². The molecule has 0 aromatic heterocycles. The number of nitrogens with one attached hydrogen (secondary N) is 1. The van der Waals surface area contributed by atoms with Crippen LogP contribution >= 0.6 is 23.4 Å². The molecule has 104 valence electrons. The molecule has 0 radical (unpaired) electrons. The van der Waals surface area contributed by atoms with Crippen LogP contribution in [0.3, 0.4) is 0 Å². The molecule has 0 aliphatic carbocycles. The van der Waals surface area contributed by atoms with Crippen LogP contribution in [0.2, 0.25) is 5.02 Å². The molecule has 4 nitrogen and oxygen atoms in total.